The highest BCUT2D eigenvalue weighted by Crippen LogP contribution is 2.10. The third-order valence-electron chi connectivity index (χ3n) is 3.17. The summed E-state index contributed by atoms with van der Waals surface area (Å²) in [5.41, 5.74) is 1.41. The molecular weight excluding hydrogens is 286 g/mol. The third-order valence-corrected chi connectivity index (χ3v) is 4.54. The van der Waals surface area contributed by atoms with Gasteiger partial charge < -0.3 is 10.6 Å². The smallest absolute Gasteiger partial charge is 0.251 e. The van der Waals surface area contributed by atoms with Crippen molar-refractivity contribution in [2.75, 3.05) is 24.7 Å². The summed E-state index contributed by atoms with van der Waals surface area (Å²) in [5.74, 6) is 0.610. The monoisotopic (exact) mass is 311 g/mol. The molecule has 0 saturated carbocycles. The lowest BCUT2D eigenvalue weighted by atomic mass is 10.2. The third kappa shape index (κ3) is 6.25. The Morgan fingerprint density at radius 3 is 2.71 bits per heavy atom. The van der Waals surface area contributed by atoms with Crippen LogP contribution in [0.4, 0.5) is 5.82 Å². The van der Waals surface area contributed by atoms with E-state index in [1.165, 1.54) is 0 Å². The van der Waals surface area contributed by atoms with Crippen molar-refractivity contribution in [3.05, 3.63) is 23.4 Å². The number of rotatable bonds is 8. The molecule has 118 valence electrons. The highest BCUT2D eigenvalue weighted by Gasteiger charge is 2.10. The highest BCUT2D eigenvalue weighted by atomic mass is 32.2. The summed E-state index contributed by atoms with van der Waals surface area (Å²) in [6, 6.07) is 3.53. The fraction of sp³-hybridized carbons (Fsp3) is 0.600. The minimum absolute atomic E-state index is 0.0891. The van der Waals surface area contributed by atoms with E-state index in [1.807, 2.05) is 13.8 Å². The van der Waals surface area contributed by atoms with Crippen LogP contribution in [0.2, 0.25) is 0 Å². The van der Waals surface area contributed by atoms with Crippen molar-refractivity contribution in [2.24, 2.45) is 0 Å². The van der Waals surface area contributed by atoms with Gasteiger partial charge >= 0.3 is 0 Å². The van der Waals surface area contributed by atoms with Crippen molar-refractivity contribution in [3.8, 4) is 0 Å². The SMILES string of the molecule is CCCNc1cc(C(=O)NCCC(C)S(C)=O)cc(C)n1. The van der Waals surface area contributed by atoms with Crippen LogP contribution in [0, 0.1) is 6.92 Å². The predicted molar refractivity (Wildman–Crippen MR) is 88.2 cm³/mol. The standard InChI is InChI=1S/C15H25N3O2S/c1-5-7-16-14-10-13(9-11(2)18-14)15(19)17-8-6-12(3)21(4)20/h9-10,12H,5-8H2,1-4H3,(H,16,18)(H,17,19). The molecule has 5 nitrogen and oxygen atoms in total. The number of carbonyl (C=O) groups excluding carboxylic acids is 1. The summed E-state index contributed by atoms with van der Waals surface area (Å²) in [4.78, 5) is 16.5. The van der Waals surface area contributed by atoms with Crippen LogP contribution in [-0.4, -0.2) is 39.7 Å². The Bertz CT molecular complexity index is 506. The van der Waals surface area contributed by atoms with Crippen molar-refractivity contribution in [2.45, 2.75) is 38.9 Å². The van der Waals surface area contributed by atoms with Gasteiger partial charge in [-0.15, -0.1) is 0 Å². The van der Waals surface area contributed by atoms with Crippen LogP contribution in [0.15, 0.2) is 12.1 Å². The molecule has 0 spiro atoms. The molecule has 1 rings (SSSR count). The van der Waals surface area contributed by atoms with Gasteiger partial charge in [-0.1, -0.05) is 13.8 Å². The topological polar surface area (TPSA) is 71.1 Å². The van der Waals surface area contributed by atoms with Crippen LogP contribution in [0.3, 0.4) is 0 Å². The highest BCUT2D eigenvalue weighted by molar-refractivity contribution is 7.84. The van der Waals surface area contributed by atoms with Gasteiger partial charge in [0, 0.05) is 46.7 Å². The Balaban J connectivity index is 2.61. The van der Waals surface area contributed by atoms with Crippen molar-refractivity contribution >= 4 is 22.5 Å². The number of aromatic nitrogens is 1. The summed E-state index contributed by atoms with van der Waals surface area (Å²) < 4.78 is 11.3. The van der Waals surface area contributed by atoms with E-state index >= 15 is 0 Å². The van der Waals surface area contributed by atoms with Crippen LogP contribution >= 0.6 is 0 Å². The minimum Gasteiger partial charge on any atom is -0.370 e. The lowest BCUT2D eigenvalue weighted by Crippen LogP contribution is -2.27. The average Bonchev–Trinajstić information content (AvgIpc) is 2.44. The molecule has 1 heterocycles. The largest absolute Gasteiger partial charge is 0.370 e. The predicted octanol–water partition coefficient (Wildman–Crippen LogP) is 2.10. The first-order chi connectivity index (χ1) is 9.93. The van der Waals surface area contributed by atoms with Crippen LogP contribution in [-0.2, 0) is 10.8 Å². The van der Waals surface area contributed by atoms with Crippen LogP contribution in [0.1, 0.15) is 42.7 Å². The number of pyridine rings is 1. The Labute approximate surface area is 129 Å². The van der Waals surface area contributed by atoms with Gasteiger partial charge in [-0.2, -0.15) is 0 Å². The number of amides is 1. The molecule has 2 N–H and O–H groups in total. The van der Waals surface area contributed by atoms with Gasteiger partial charge in [-0.05, 0) is 31.9 Å². The first-order valence-electron chi connectivity index (χ1n) is 7.27. The lowest BCUT2D eigenvalue weighted by Gasteiger charge is -2.11. The van der Waals surface area contributed by atoms with E-state index in [9.17, 15) is 9.00 Å². The van der Waals surface area contributed by atoms with Crippen molar-refractivity contribution in [1.82, 2.24) is 10.3 Å². The summed E-state index contributed by atoms with van der Waals surface area (Å²) in [7, 11) is -0.852. The molecule has 0 saturated heterocycles. The zero-order chi connectivity index (χ0) is 15.8. The van der Waals surface area contributed by atoms with Crippen molar-refractivity contribution in [1.29, 1.82) is 0 Å². The zero-order valence-corrected chi connectivity index (χ0v) is 14.0. The maximum Gasteiger partial charge on any atom is 0.251 e. The van der Waals surface area contributed by atoms with Crippen molar-refractivity contribution in [3.63, 3.8) is 0 Å². The van der Waals surface area contributed by atoms with Gasteiger partial charge in [0.2, 0.25) is 0 Å². The van der Waals surface area contributed by atoms with E-state index in [-0.39, 0.29) is 11.2 Å². The lowest BCUT2D eigenvalue weighted by molar-refractivity contribution is 0.0953. The van der Waals surface area contributed by atoms with Crippen molar-refractivity contribution < 1.29 is 9.00 Å². The second-order valence-electron chi connectivity index (χ2n) is 5.16. The molecule has 1 amide bonds. The quantitative estimate of drug-likeness (QED) is 0.771. The van der Waals surface area contributed by atoms with E-state index in [0.717, 1.165) is 24.5 Å². The van der Waals surface area contributed by atoms with Crippen LogP contribution in [0.25, 0.3) is 0 Å². The maximum atomic E-state index is 12.1. The molecule has 0 aliphatic carbocycles. The van der Waals surface area contributed by atoms with Gasteiger partial charge in [0.15, 0.2) is 0 Å². The molecule has 1 aromatic heterocycles. The van der Waals surface area contributed by atoms with E-state index in [1.54, 1.807) is 18.4 Å². The second kappa shape index (κ2) is 8.77. The molecule has 6 heteroatoms. The Morgan fingerprint density at radius 2 is 2.10 bits per heavy atom. The van der Waals surface area contributed by atoms with Gasteiger partial charge in [-0.25, -0.2) is 4.98 Å². The molecule has 2 unspecified atom stereocenters. The minimum atomic E-state index is -0.852. The normalized spacial score (nSPS) is 13.5. The van der Waals surface area contributed by atoms with E-state index < -0.39 is 10.8 Å². The zero-order valence-electron chi connectivity index (χ0n) is 13.2. The number of aryl methyl sites for hydroxylation is 1. The number of hydrogen-bond donors (Lipinski definition) is 2. The summed E-state index contributed by atoms with van der Waals surface area (Å²) in [6.45, 7) is 7.23. The van der Waals surface area contributed by atoms with E-state index in [0.29, 0.717) is 18.5 Å². The number of nitrogens with zero attached hydrogens (tertiary/aromatic N) is 1. The van der Waals surface area contributed by atoms with Gasteiger partial charge in [0.25, 0.3) is 5.91 Å². The van der Waals surface area contributed by atoms with Crippen LogP contribution < -0.4 is 10.6 Å². The number of carbonyl (C=O) groups is 1. The molecule has 0 radical (unpaired) electrons. The average molecular weight is 311 g/mol. The molecular formula is C15H25N3O2S. The molecule has 0 bridgehead atoms. The molecule has 21 heavy (non-hydrogen) atoms. The summed E-state index contributed by atoms with van der Waals surface area (Å²) >= 11 is 0. The number of nitrogens with one attached hydrogen (secondary N) is 2. The van der Waals surface area contributed by atoms with Gasteiger partial charge in [0.1, 0.15) is 5.82 Å². The Morgan fingerprint density at radius 1 is 1.38 bits per heavy atom. The van der Waals surface area contributed by atoms with E-state index in [2.05, 4.69) is 22.5 Å². The fourth-order valence-electron chi connectivity index (χ4n) is 1.80. The number of anilines is 1. The molecule has 0 aromatic carbocycles. The number of hydrogen-bond acceptors (Lipinski definition) is 4. The Hall–Kier alpha value is -1.43. The first-order valence-corrected chi connectivity index (χ1v) is 8.89. The molecule has 0 fully saturated rings. The second-order valence-corrected chi connectivity index (χ2v) is 6.96. The first kappa shape index (κ1) is 17.6. The molecule has 0 aliphatic rings. The Kier molecular flexibility index (Phi) is 7.36. The van der Waals surface area contributed by atoms with Gasteiger partial charge in [-0.3, -0.25) is 9.00 Å². The summed E-state index contributed by atoms with van der Waals surface area (Å²) in [6.07, 6.45) is 3.40. The summed E-state index contributed by atoms with van der Waals surface area (Å²) in [5, 5.41) is 6.14. The molecule has 0 aliphatic heterocycles. The molecule has 1 aromatic rings. The maximum absolute atomic E-state index is 12.1. The van der Waals surface area contributed by atoms with E-state index in [4.69, 9.17) is 0 Å². The molecule has 2 atom stereocenters. The fourth-order valence-corrected chi connectivity index (χ4v) is 2.25. The van der Waals surface area contributed by atoms with Crippen LogP contribution in [0.5, 0.6) is 0 Å². The van der Waals surface area contributed by atoms with Gasteiger partial charge in [0.05, 0.1) is 0 Å².